The van der Waals surface area contributed by atoms with Gasteiger partial charge in [-0.1, -0.05) is 0 Å². The van der Waals surface area contributed by atoms with Crippen LogP contribution in [0.3, 0.4) is 0 Å². The van der Waals surface area contributed by atoms with Crippen molar-refractivity contribution in [3.8, 4) is 0 Å². The number of ether oxygens (including phenoxy) is 2. The van der Waals surface area contributed by atoms with E-state index in [1.54, 1.807) is 7.11 Å². The third-order valence-electron chi connectivity index (χ3n) is 2.12. The molecule has 1 atom stereocenters. The summed E-state index contributed by atoms with van der Waals surface area (Å²) >= 11 is 0. The van der Waals surface area contributed by atoms with Crippen LogP contribution in [0.25, 0.3) is 0 Å². The van der Waals surface area contributed by atoms with Crippen LogP contribution in [-0.4, -0.2) is 39.5 Å². The standard InChI is InChI=1S/C9H19NO2/c1-11-6-3-5-10-9-4-2-7-12-8-9/h9-10H,2-8H2,1H3. The first kappa shape index (κ1) is 9.96. The van der Waals surface area contributed by atoms with Crippen LogP contribution >= 0.6 is 0 Å². The molecule has 0 aromatic heterocycles. The minimum Gasteiger partial charge on any atom is -0.385 e. The van der Waals surface area contributed by atoms with Crippen molar-refractivity contribution in [2.24, 2.45) is 0 Å². The molecular weight excluding hydrogens is 154 g/mol. The van der Waals surface area contributed by atoms with Crippen molar-refractivity contribution < 1.29 is 9.47 Å². The average Bonchev–Trinajstić information content (AvgIpc) is 2.14. The zero-order valence-electron chi connectivity index (χ0n) is 7.84. The second kappa shape index (κ2) is 6.40. The van der Waals surface area contributed by atoms with E-state index in [1.165, 1.54) is 12.8 Å². The fraction of sp³-hybridized carbons (Fsp3) is 1.00. The Hall–Kier alpha value is -0.120. The van der Waals surface area contributed by atoms with Crippen molar-refractivity contribution in [1.29, 1.82) is 0 Å². The monoisotopic (exact) mass is 173 g/mol. The molecule has 3 nitrogen and oxygen atoms in total. The van der Waals surface area contributed by atoms with Gasteiger partial charge in [0.25, 0.3) is 0 Å². The number of hydrogen-bond donors (Lipinski definition) is 1. The van der Waals surface area contributed by atoms with Gasteiger partial charge in [-0.2, -0.15) is 0 Å². The third-order valence-corrected chi connectivity index (χ3v) is 2.12. The van der Waals surface area contributed by atoms with Crippen LogP contribution in [0.5, 0.6) is 0 Å². The molecule has 0 radical (unpaired) electrons. The second-order valence-electron chi connectivity index (χ2n) is 3.21. The highest BCUT2D eigenvalue weighted by molar-refractivity contribution is 4.69. The molecule has 0 aromatic rings. The SMILES string of the molecule is COCCCNC1CCCOC1. The fourth-order valence-electron chi connectivity index (χ4n) is 1.42. The van der Waals surface area contributed by atoms with Gasteiger partial charge < -0.3 is 14.8 Å². The van der Waals surface area contributed by atoms with E-state index in [9.17, 15) is 0 Å². The largest absolute Gasteiger partial charge is 0.385 e. The Kier molecular flexibility index (Phi) is 5.32. The molecule has 1 fully saturated rings. The van der Waals surface area contributed by atoms with E-state index in [2.05, 4.69) is 5.32 Å². The summed E-state index contributed by atoms with van der Waals surface area (Å²) in [6, 6.07) is 0.579. The first-order chi connectivity index (χ1) is 5.93. The summed E-state index contributed by atoms with van der Waals surface area (Å²) in [4.78, 5) is 0. The molecule has 1 aliphatic rings. The van der Waals surface area contributed by atoms with E-state index >= 15 is 0 Å². The molecule has 0 aromatic carbocycles. The maximum atomic E-state index is 5.35. The van der Waals surface area contributed by atoms with Crippen LogP contribution in [0.15, 0.2) is 0 Å². The van der Waals surface area contributed by atoms with Gasteiger partial charge in [0, 0.05) is 26.4 Å². The predicted octanol–water partition coefficient (Wildman–Crippen LogP) is 0.791. The van der Waals surface area contributed by atoms with E-state index in [0.717, 1.165) is 32.8 Å². The summed E-state index contributed by atoms with van der Waals surface area (Å²) in [5, 5.41) is 3.45. The normalized spacial score (nSPS) is 24.2. The molecule has 0 aliphatic carbocycles. The molecule has 1 saturated heterocycles. The zero-order chi connectivity index (χ0) is 8.65. The quantitative estimate of drug-likeness (QED) is 0.624. The van der Waals surface area contributed by atoms with Gasteiger partial charge in [0.05, 0.1) is 6.61 Å². The number of hydrogen-bond acceptors (Lipinski definition) is 3. The van der Waals surface area contributed by atoms with Crippen LogP contribution in [0.2, 0.25) is 0 Å². The van der Waals surface area contributed by atoms with E-state index in [4.69, 9.17) is 9.47 Å². The number of methoxy groups -OCH3 is 1. The second-order valence-corrected chi connectivity index (χ2v) is 3.21. The van der Waals surface area contributed by atoms with Crippen molar-refractivity contribution in [1.82, 2.24) is 5.32 Å². The van der Waals surface area contributed by atoms with Crippen LogP contribution < -0.4 is 5.32 Å². The Morgan fingerprint density at radius 1 is 1.58 bits per heavy atom. The number of nitrogens with one attached hydrogen (secondary N) is 1. The van der Waals surface area contributed by atoms with Gasteiger partial charge in [-0.25, -0.2) is 0 Å². The van der Waals surface area contributed by atoms with Crippen molar-refractivity contribution in [2.75, 3.05) is 33.5 Å². The smallest absolute Gasteiger partial charge is 0.0619 e. The Balaban J connectivity index is 1.91. The molecule has 1 rings (SSSR count). The van der Waals surface area contributed by atoms with E-state index in [-0.39, 0.29) is 0 Å². The minimum atomic E-state index is 0.579. The number of rotatable bonds is 5. The Morgan fingerprint density at radius 2 is 2.50 bits per heavy atom. The van der Waals surface area contributed by atoms with Crippen molar-refractivity contribution in [2.45, 2.75) is 25.3 Å². The molecule has 12 heavy (non-hydrogen) atoms. The lowest BCUT2D eigenvalue weighted by Crippen LogP contribution is -2.37. The molecule has 0 spiro atoms. The van der Waals surface area contributed by atoms with Crippen molar-refractivity contribution in [3.05, 3.63) is 0 Å². The Morgan fingerprint density at radius 3 is 3.17 bits per heavy atom. The summed E-state index contributed by atoms with van der Waals surface area (Å²) in [6.07, 6.45) is 3.54. The lowest BCUT2D eigenvalue weighted by atomic mass is 10.1. The highest BCUT2D eigenvalue weighted by atomic mass is 16.5. The van der Waals surface area contributed by atoms with E-state index in [1.807, 2.05) is 0 Å². The van der Waals surface area contributed by atoms with Crippen LogP contribution in [-0.2, 0) is 9.47 Å². The lowest BCUT2D eigenvalue weighted by molar-refractivity contribution is 0.0696. The lowest BCUT2D eigenvalue weighted by Gasteiger charge is -2.23. The van der Waals surface area contributed by atoms with Crippen LogP contribution in [0.1, 0.15) is 19.3 Å². The predicted molar refractivity (Wildman–Crippen MR) is 48.3 cm³/mol. The molecule has 0 saturated carbocycles. The Labute approximate surface area is 74.4 Å². The molecule has 1 aliphatic heterocycles. The van der Waals surface area contributed by atoms with Crippen molar-refractivity contribution in [3.63, 3.8) is 0 Å². The van der Waals surface area contributed by atoms with Gasteiger partial charge in [0.1, 0.15) is 0 Å². The van der Waals surface area contributed by atoms with E-state index in [0.29, 0.717) is 6.04 Å². The molecular formula is C9H19NO2. The molecule has 1 N–H and O–H groups in total. The maximum absolute atomic E-state index is 5.35. The highest BCUT2D eigenvalue weighted by Crippen LogP contribution is 2.05. The van der Waals surface area contributed by atoms with E-state index < -0.39 is 0 Å². The van der Waals surface area contributed by atoms with Gasteiger partial charge in [0.15, 0.2) is 0 Å². The maximum Gasteiger partial charge on any atom is 0.0619 e. The zero-order valence-corrected chi connectivity index (χ0v) is 7.84. The molecule has 3 heteroatoms. The summed E-state index contributed by atoms with van der Waals surface area (Å²) in [5.74, 6) is 0. The first-order valence-corrected chi connectivity index (χ1v) is 4.73. The Bertz CT molecular complexity index is 103. The third kappa shape index (κ3) is 4.04. The van der Waals surface area contributed by atoms with Crippen molar-refractivity contribution >= 4 is 0 Å². The fourth-order valence-corrected chi connectivity index (χ4v) is 1.42. The topological polar surface area (TPSA) is 30.5 Å². The molecule has 1 heterocycles. The summed E-state index contributed by atoms with van der Waals surface area (Å²) < 4.78 is 10.3. The van der Waals surface area contributed by atoms with Gasteiger partial charge in [-0.15, -0.1) is 0 Å². The minimum absolute atomic E-state index is 0.579. The molecule has 1 unspecified atom stereocenters. The van der Waals surface area contributed by atoms with Gasteiger partial charge in [-0.05, 0) is 25.8 Å². The summed E-state index contributed by atoms with van der Waals surface area (Å²) in [6.45, 7) is 3.71. The van der Waals surface area contributed by atoms with Gasteiger partial charge in [0.2, 0.25) is 0 Å². The summed E-state index contributed by atoms with van der Waals surface area (Å²) in [7, 11) is 1.74. The molecule has 72 valence electrons. The van der Waals surface area contributed by atoms with Gasteiger partial charge >= 0.3 is 0 Å². The summed E-state index contributed by atoms with van der Waals surface area (Å²) in [5.41, 5.74) is 0. The molecule has 0 amide bonds. The van der Waals surface area contributed by atoms with Crippen LogP contribution in [0.4, 0.5) is 0 Å². The highest BCUT2D eigenvalue weighted by Gasteiger charge is 2.11. The van der Waals surface area contributed by atoms with Crippen LogP contribution in [0, 0.1) is 0 Å². The molecule has 0 bridgehead atoms. The van der Waals surface area contributed by atoms with Gasteiger partial charge in [-0.3, -0.25) is 0 Å². The average molecular weight is 173 g/mol. The first-order valence-electron chi connectivity index (χ1n) is 4.73.